The molecule has 2 atom stereocenters. The van der Waals surface area contributed by atoms with Gasteiger partial charge in [0.2, 0.25) is 0 Å². The van der Waals surface area contributed by atoms with Gasteiger partial charge >= 0.3 is 7.60 Å². The molecule has 0 spiro atoms. The van der Waals surface area contributed by atoms with Gasteiger partial charge < -0.3 is 9.42 Å². The van der Waals surface area contributed by atoms with Gasteiger partial charge in [-0.3, -0.25) is 4.79 Å². The Labute approximate surface area is 207 Å². The highest BCUT2D eigenvalue weighted by molar-refractivity contribution is 7.56. The molecule has 176 valence electrons. The van der Waals surface area contributed by atoms with Gasteiger partial charge in [-0.2, -0.15) is 0 Å². The minimum atomic E-state index is -4.75. The van der Waals surface area contributed by atoms with Crippen molar-refractivity contribution in [3.8, 4) is 16.9 Å². The second-order valence-corrected chi connectivity index (χ2v) is 10.0. The van der Waals surface area contributed by atoms with Crippen molar-refractivity contribution in [2.75, 3.05) is 0 Å². The number of Topliss-reactive ketones (excluding diaryl/α,β-unsaturated/α-hetero) is 1. The highest BCUT2D eigenvalue weighted by Crippen LogP contribution is 2.53. The highest BCUT2D eigenvalue weighted by Gasteiger charge is 2.43. The summed E-state index contributed by atoms with van der Waals surface area (Å²) in [6.45, 7) is 0. The molecule has 0 radical (unpaired) electrons. The number of carbonyl (C=O) groups is 1. The normalized spacial score (nSPS) is 14.1. The number of allylic oxidation sites excluding steroid dienone is 1. The van der Waals surface area contributed by atoms with Crippen molar-refractivity contribution in [1.82, 2.24) is 0 Å². The zero-order valence-electron chi connectivity index (χ0n) is 18.4. The van der Waals surface area contributed by atoms with E-state index in [9.17, 15) is 18.6 Å². The van der Waals surface area contributed by atoms with Crippen LogP contribution in [0, 0.1) is 0 Å². The maximum absolute atomic E-state index is 14.2. The van der Waals surface area contributed by atoms with Crippen LogP contribution in [0.3, 0.4) is 0 Å². The van der Waals surface area contributed by atoms with Crippen LogP contribution in [-0.4, -0.2) is 16.3 Å². The van der Waals surface area contributed by atoms with Crippen LogP contribution in [-0.2, 0) is 4.57 Å². The molecule has 4 aromatic carbocycles. The van der Waals surface area contributed by atoms with Crippen LogP contribution < -0.4 is 4.52 Å². The molecule has 0 aliphatic heterocycles. The van der Waals surface area contributed by atoms with Crippen molar-refractivity contribution in [3.63, 3.8) is 0 Å². The Morgan fingerprint density at radius 2 is 1.29 bits per heavy atom. The van der Waals surface area contributed by atoms with Crippen LogP contribution in [0.25, 0.3) is 16.7 Å². The lowest BCUT2D eigenvalue weighted by molar-refractivity contribution is 0.0994. The first kappa shape index (κ1) is 24.6. The predicted octanol–water partition coefficient (Wildman–Crippen LogP) is 7.83. The fourth-order valence-corrected chi connectivity index (χ4v) is 5.35. The minimum absolute atomic E-state index is 0.0747. The molecule has 0 saturated heterocycles. The van der Waals surface area contributed by atoms with E-state index in [2.05, 4.69) is 0 Å². The molecular formula is C28H21ClFO4P. The number of carbonyl (C=O) groups excluding carboxylic acids is 1. The largest absolute Gasteiger partial charge is 0.424 e. The lowest BCUT2D eigenvalue weighted by atomic mass is 9.98. The van der Waals surface area contributed by atoms with E-state index in [1.165, 1.54) is 24.3 Å². The predicted molar refractivity (Wildman–Crippen MR) is 137 cm³/mol. The van der Waals surface area contributed by atoms with Gasteiger partial charge in [-0.15, -0.1) is 0 Å². The molecule has 0 aliphatic rings. The van der Waals surface area contributed by atoms with Gasteiger partial charge in [0.15, 0.2) is 11.4 Å². The fourth-order valence-electron chi connectivity index (χ4n) is 3.69. The summed E-state index contributed by atoms with van der Waals surface area (Å²) in [5, 5.41) is 0.610. The average Bonchev–Trinajstić information content (AvgIpc) is 2.88. The molecule has 0 heterocycles. The van der Waals surface area contributed by atoms with Gasteiger partial charge in [0.25, 0.3) is 0 Å². The van der Waals surface area contributed by atoms with Gasteiger partial charge in [0, 0.05) is 16.2 Å². The Morgan fingerprint density at radius 3 is 1.80 bits per heavy atom. The molecule has 2 unspecified atom stereocenters. The number of hydrogen-bond donors (Lipinski definition) is 1. The first-order chi connectivity index (χ1) is 16.9. The summed E-state index contributed by atoms with van der Waals surface area (Å²) in [4.78, 5) is 24.4. The van der Waals surface area contributed by atoms with Crippen LogP contribution >= 0.6 is 19.2 Å². The monoisotopic (exact) mass is 506 g/mol. The first-order valence-electron chi connectivity index (χ1n) is 10.7. The van der Waals surface area contributed by atoms with E-state index < -0.39 is 19.0 Å². The molecule has 7 heteroatoms. The number of benzene rings is 4. The second-order valence-electron chi connectivity index (χ2n) is 7.75. The molecule has 4 nitrogen and oxygen atoms in total. The topological polar surface area (TPSA) is 63.6 Å². The Bertz CT molecular complexity index is 1370. The number of ketones is 1. The van der Waals surface area contributed by atoms with Gasteiger partial charge in [-0.1, -0.05) is 96.5 Å². The van der Waals surface area contributed by atoms with Gasteiger partial charge in [-0.25, -0.2) is 8.96 Å². The summed E-state index contributed by atoms with van der Waals surface area (Å²) < 4.78 is 33.2. The third-order valence-corrected chi connectivity index (χ3v) is 7.31. The molecule has 0 bridgehead atoms. The Kier molecular flexibility index (Phi) is 7.62. The van der Waals surface area contributed by atoms with Gasteiger partial charge in [-0.05, 0) is 41.0 Å². The molecular weight excluding hydrogens is 486 g/mol. The van der Waals surface area contributed by atoms with Crippen molar-refractivity contribution < 1.29 is 23.2 Å². The lowest BCUT2D eigenvalue weighted by Gasteiger charge is -2.24. The van der Waals surface area contributed by atoms with Crippen LogP contribution in [0.2, 0.25) is 5.02 Å². The third-order valence-electron chi connectivity index (χ3n) is 5.42. The molecule has 0 fully saturated rings. The van der Waals surface area contributed by atoms with E-state index in [0.29, 0.717) is 10.6 Å². The van der Waals surface area contributed by atoms with E-state index in [0.717, 1.165) is 11.1 Å². The number of hydrogen-bond acceptors (Lipinski definition) is 3. The highest BCUT2D eigenvalue weighted by atomic mass is 35.5. The molecule has 0 amide bonds. The molecule has 0 saturated carbocycles. The SMILES string of the molecule is O=C(c1ccccc1)C(/C(=C/F)c1ccccc1)P(=O)(O)Oc1ccc(-c2ccc(Cl)cc2)cc1. The summed E-state index contributed by atoms with van der Waals surface area (Å²) >= 11 is 5.94. The van der Waals surface area contributed by atoms with Crippen LogP contribution in [0.15, 0.2) is 116 Å². The van der Waals surface area contributed by atoms with Crippen molar-refractivity contribution in [1.29, 1.82) is 0 Å². The number of halogens is 2. The third kappa shape index (κ3) is 5.77. The number of rotatable bonds is 8. The Hall–Kier alpha value is -3.50. The molecule has 0 aromatic heterocycles. The van der Waals surface area contributed by atoms with Gasteiger partial charge in [0.1, 0.15) is 5.75 Å². The smallest absolute Gasteiger partial charge is 0.392 e. The summed E-state index contributed by atoms with van der Waals surface area (Å²) in [6, 6.07) is 29.9. The van der Waals surface area contributed by atoms with Crippen molar-refractivity contribution in [2.24, 2.45) is 0 Å². The zero-order valence-corrected chi connectivity index (χ0v) is 20.1. The fraction of sp³-hybridized carbons (Fsp3) is 0.0357. The van der Waals surface area contributed by atoms with Crippen molar-refractivity contribution >= 4 is 30.6 Å². The van der Waals surface area contributed by atoms with E-state index in [1.807, 2.05) is 12.1 Å². The zero-order chi connectivity index (χ0) is 24.8. The Balaban J connectivity index is 1.68. The average molecular weight is 507 g/mol. The van der Waals surface area contributed by atoms with Crippen LogP contribution in [0.1, 0.15) is 15.9 Å². The molecule has 1 N–H and O–H groups in total. The maximum Gasteiger partial charge on any atom is 0.392 e. The molecule has 35 heavy (non-hydrogen) atoms. The Morgan fingerprint density at radius 1 is 0.800 bits per heavy atom. The quantitative estimate of drug-likeness (QED) is 0.195. The standard InChI is InChI=1S/C28H21ClFO4P/c29-24-15-11-20(12-16-24)21-13-17-25(18-14-21)34-35(32,33)28(27(31)23-9-5-2-6-10-23)26(19-30)22-7-3-1-4-8-22/h1-19,28H,(H,32,33)/b26-19+. The van der Waals surface area contributed by atoms with E-state index >= 15 is 0 Å². The minimum Gasteiger partial charge on any atom is -0.424 e. The van der Waals surface area contributed by atoms with E-state index in [4.69, 9.17) is 16.1 Å². The molecule has 4 rings (SSSR count). The maximum atomic E-state index is 14.2. The molecule has 4 aromatic rings. The van der Waals surface area contributed by atoms with Crippen molar-refractivity contribution in [2.45, 2.75) is 5.66 Å². The lowest BCUT2D eigenvalue weighted by Crippen LogP contribution is -2.25. The second kappa shape index (κ2) is 10.8. The van der Waals surface area contributed by atoms with E-state index in [1.54, 1.807) is 72.8 Å². The summed E-state index contributed by atoms with van der Waals surface area (Å²) in [7, 11) is -4.75. The van der Waals surface area contributed by atoms with Crippen LogP contribution in [0.5, 0.6) is 5.75 Å². The molecule has 0 aliphatic carbocycles. The van der Waals surface area contributed by atoms with E-state index in [-0.39, 0.29) is 23.2 Å². The van der Waals surface area contributed by atoms with Crippen molar-refractivity contribution in [3.05, 3.63) is 132 Å². The first-order valence-corrected chi connectivity index (χ1v) is 12.7. The summed E-state index contributed by atoms with van der Waals surface area (Å²) in [5.74, 6) is -0.646. The van der Waals surface area contributed by atoms with Crippen LogP contribution in [0.4, 0.5) is 4.39 Å². The summed E-state index contributed by atoms with van der Waals surface area (Å²) in [5.41, 5.74) is 0.213. The van der Waals surface area contributed by atoms with Gasteiger partial charge in [0.05, 0.1) is 6.33 Å². The summed E-state index contributed by atoms with van der Waals surface area (Å²) in [6.07, 6.45) is 0.191.